The fourth-order valence-corrected chi connectivity index (χ4v) is 3.05. The molecule has 0 aromatic heterocycles. The van der Waals surface area contributed by atoms with Crippen molar-refractivity contribution in [1.29, 1.82) is 0 Å². The maximum absolute atomic E-state index is 11.2. The van der Waals surface area contributed by atoms with Gasteiger partial charge in [-0.15, -0.1) is 0 Å². The molecule has 1 fully saturated rings. The number of benzene rings is 1. The molecule has 0 bridgehead atoms. The van der Waals surface area contributed by atoms with E-state index in [-0.39, 0.29) is 5.60 Å². The number of hydrogen-bond acceptors (Lipinski definition) is 3. The molecule has 1 aromatic rings. The van der Waals surface area contributed by atoms with Crippen LogP contribution in [0.4, 0.5) is 0 Å². The molecular weight excluding hydrogens is 274 g/mol. The molecular formula is C19H27NO2. The average Bonchev–Trinajstić information content (AvgIpc) is 2.47. The minimum Gasteiger partial charge on any atom is -0.465 e. The molecule has 1 aliphatic rings. The van der Waals surface area contributed by atoms with E-state index in [0.717, 1.165) is 25.9 Å². The molecule has 0 amide bonds. The highest BCUT2D eigenvalue weighted by Crippen LogP contribution is 2.32. The lowest BCUT2D eigenvalue weighted by Crippen LogP contribution is -2.36. The van der Waals surface area contributed by atoms with E-state index in [9.17, 15) is 4.79 Å². The van der Waals surface area contributed by atoms with Gasteiger partial charge in [0.2, 0.25) is 0 Å². The molecule has 0 N–H and O–H groups in total. The summed E-state index contributed by atoms with van der Waals surface area (Å²) in [7, 11) is 0. The molecule has 1 heterocycles. The van der Waals surface area contributed by atoms with E-state index in [1.54, 1.807) is 0 Å². The first-order chi connectivity index (χ1) is 10.3. The summed E-state index contributed by atoms with van der Waals surface area (Å²) < 4.78 is 5.73. The predicted molar refractivity (Wildman–Crippen MR) is 89.5 cm³/mol. The zero-order valence-electron chi connectivity index (χ0n) is 14.4. The van der Waals surface area contributed by atoms with E-state index in [2.05, 4.69) is 32.0 Å². The normalized spacial score (nSPS) is 16.3. The number of hydrogen-bond donors (Lipinski definition) is 0. The maximum atomic E-state index is 11.2. The Hall–Kier alpha value is -1.73. The van der Waals surface area contributed by atoms with Gasteiger partial charge in [-0.1, -0.05) is 18.2 Å². The topological polar surface area (TPSA) is 29.5 Å². The summed E-state index contributed by atoms with van der Waals surface area (Å²) in [6.45, 7) is 11.9. The predicted octanol–water partition coefficient (Wildman–Crippen LogP) is 3.97. The van der Waals surface area contributed by atoms with Crippen molar-refractivity contribution >= 4 is 5.94 Å². The Bertz CT molecular complexity index is 572. The summed E-state index contributed by atoms with van der Waals surface area (Å²) in [4.78, 5) is 13.2. The third-order valence-electron chi connectivity index (χ3n) is 4.36. The molecule has 0 unspecified atom stereocenters. The van der Waals surface area contributed by atoms with E-state index in [4.69, 9.17) is 4.74 Å². The number of piperidine rings is 1. The quantitative estimate of drug-likeness (QED) is 0.625. The van der Waals surface area contributed by atoms with Crippen LogP contribution < -0.4 is 0 Å². The second-order valence-electron chi connectivity index (χ2n) is 7.17. The van der Waals surface area contributed by atoms with E-state index in [0.29, 0.717) is 11.8 Å². The Kier molecular flexibility index (Phi) is 4.97. The van der Waals surface area contributed by atoms with Crippen LogP contribution in [0, 0.1) is 13.8 Å². The molecule has 0 aliphatic carbocycles. The fraction of sp³-hybridized carbons (Fsp3) is 0.579. The molecule has 1 aromatic carbocycles. The molecule has 120 valence electrons. The van der Waals surface area contributed by atoms with Gasteiger partial charge < -0.3 is 9.64 Å². The van der Waals surface area contributed by atoms with Gasteiger partial charge in [0.25, 0.3) is 5.88 Å². The first-order valence-corrected chi connectivity index (χ1v) is 8.07. The van der Waals surface area contributed by atoms with Gasteiger partial charge in [-0.2, -0.15) is 0 Å². The zero-order chi connectivity index (χ0) is 16.3. The second-order valence-corrected chi connectivity index (χ2v) is 7.17. The minimum absolute atomic E-state index is 0.354. The van der Waals surface area contributed by atoms with E-state index < -0.39 is 0 Å². The third-order valence-corrected chi connectivity index (χ3v) is 4.36. The number of carbonyl (C=O) groups excluding carboxylic acids is 1. The summed E-state index contributed by atoms with van der Waals surface area (Å²) in [6, 6.07) is 6.55. The number of rotatable bonds is 3. The fourth-order valence-electron chi connectivity index (χ4n) is 3.05. The summed E-state index contributed by atoms with van der Waals surface area (Å²) >= 11 is 0. The summed E-state index contributed by atoms with van der Waals surface area (Å²) in [5.74, 6) is 2.90. The van der Waals surface area contributed by atoms with Crippen molar-refractivity contribution in [2.24, 2.45) is 0 Å². The van der Waals surface area contributed by atoms with Crippen molar-refractivity contribution in [3.63, 3.8) is 0 Å². The number of nitrogens with zero attached hydrogens (tertiary/aromatic N) is 1. The van der Waals surface area contributed by atoms with Gasteiger partial charge in [0, 0.05) is 13.1 Å². The lowest BCUT2D eigenvalue weighted by Gasteiger charge is -2.36. The molecule has 3 heteroatoms. The van der Waals surface area contributed by atoms with Crippen molar-refractivity contribution in [2.45, 2.75) is 59.0 Å². The van der Waals surface area contributed by atoms with Gasteiger partial charge >= 0.3 is 0 Å². The molecule has 0 radical (unpaired) electrons. The SMILES string of the molecule is Cc1cccc(C2CCN(C(=C=O)OC(C)(C)C)CC2)c1C. The Morgan fingerprint density at radius 3 is 2.41 bits per heavy atom. The van der Waals surface area contributed by atoms with Crippen molar-refractivity contribution in [3.8, 4) is 0 Å². The minimum atomic E-state index is -0.364. The monoisotopic (exact) mass is 301 g/mol. The number of ether oxygens (including phenoxy) is 1. The van der Waals surface area contributed by atoms with Crippen molar-refractivity contribution in [1.82, 2.24) is 4.90 Å². The first kappa shape index (κ1) is 16.6. The average molecular weight is 301 g/mol. The molecule has 0 spiro atoms. The van der Waals surface area contributed by atoms with Crippen LogP contribution in [-0.2, 0) is 9.53 Å². The van der Waals surface area contributed by atoms with Gasteiger partial charge in [0.15, 0.2) is 5.94 Å². The zero-order valence-corrected chi connectivity index (χ0v) is 14.4. The van der Waals surface area contributed by atoms with Crippen LogP contribution in [0.5, 0.6) is 0 Å². The molecule has 2 rings (SSSR count). The highest BCUT2D eigenvalue weighted by molar-refractivity contribution is 5.49. The summed E-state index contributed by atoms with van der Waals surface area (Å²) in [6.07, 6.45) is 2.09. The maximum Gasteiger partial charge on any atom is 0.278 e. The largest absolute Gasteiger partial charge is 0.465 e. The Balaban J connectivity index is 2.04. The first-order valence-electron chi connectivity index (χ1n) is 8.07. The Morgan fingerprint density at radius 2 is 1.86 bits per heavy atom. The van der Waals surface area contributed by atoms with E-state index in [1.807, 2.05) is 31.6 Å². The molecule has 0 atom stereocenters. The number of likely N-dealkylation sites (tertiary alicyclic amines) is 1. The van der Waals surface area contributed by atoms with Gasteiger partial charge in [0.05, 0.1) is 0 Å². The molecule has 1 aliphatic heterocycles. The van der Waals surface area contributed by atoms with Gasteiger partial charge in [-0.3, -0.25) is 0 Å². The lowest BCUT2D eigenvalue weighted by molar-refractivity contribution is -0.000815. The highest BCUT2D eigenvalue weighted by Gasteiger charge is 2.26. The van der Waals surface area contributed by atoms with Crippen molar-refractivity contribution in [3.05, 3.63) is 40.8 Å². The molecule has 1 saturated heterocycles. The van der Waals surface area contributed by atoms with Crippen LogP contribution in [0.1, 0.15) is 56.2 Å². The summed E-state index contributed by atoms with van der Waals surface area (Å²) in [5.41, 5.74) is 3.84. The second kappa shape index (κ2) is 6.58. The van der Waals surface area contributed by atoms with Gasteiger partial charge in [-0.05, 0) is 70.1 Å². The van der Waals surface area contributed by atoms with Gasteiger partial charge in [-0.25, -0.2) is 4.79 Å². The molecule has 0 saturated carbocycles. The standard InChI is InChI=1S/C19H27NO2/c1-14-7-6-8-17(15(14)2)16-9-11-20(12-10-16)18(13-21)22-19(3,4)5/h6-8,16H,9-12H2,1-5H3. The Labute approximate surface area is 134 Å². The highest BCUT2D eigenvalue weighted by atomic mass is 16.5. The van der Waals surface area contributed by atoms with E-state index in [1.165, 1.54) is 16.7 Å². The Morgan fingerprint density at radius 1 is 1.23 bits per heavy atom. The van der Waals surface area contributed by atoms with E-state index >= 15 is 0 Å². The summed E-state index contributed by atoms with van der Waals surface area (Å²) in [5, 5.41) is 0. The smallest absolute Gasteiger partial charge is 0.278 e. The number of aryl methyl sites for hydroxylation is 1. The third kappa shape index (κ3) is 3.92. The van der Waals surface area contributed by atoms with Crippen LogP contribution in [-0.4, -0.2) is 29.5 Å². The molecule has 22 heavy (non-hydrogen) atoms. The van der Waals surface area contributed by atoms with Crippen LogP contribution in [0.2, 0.25) is 0 Å². The van der Waals surface area contributed by atoms with Crippen LogP contribution in [0.3, 0.4) is 0 Å². The lowest BCUT2D eigenvalue weighted by atomic mass is 9.85. The van der Waals surface area contributed by atoms with Crippen LogP contribution >= 0.6 is 0 Å². The van der Waals surface area contributed by atoms with Gasteiger partial charge in [0.1, 0.15) is 5.60 Å². The van der Waals surface area contributed by atoms with Crippen LogP contribution in [0.25, 0.3) is 0 Å². The van der Waals surface area contributed by atoms with Crippen LogP contribution in [0.15, 0.2) is 24.1 Å². The van der Waals surface area contributed by atoms with Crippen molar-refractivity contribution < 1.29 is 9.53 Å². The van der Waals surface area contributed by atoms with Crippen molar-refractivity contribution in [2.75, 3.05) is 13.1 Å². The molecule has 3 nitrogen and oxygen atoms in total.